The smallest absolute Gasteiger partial charge is 0.271 e. The van der Waals surface area contributed by atoms with Gasteiger partial charge in [-0.05, 0) is 43.9 Å². The maximum absolute atomic E-state index is 12.5. The summed E-state index contributed by atoms with van der Waals surface area (Å²) < 4.78 is 6.96. The van der Waals surface area contributed by atoms with Gasteiger partial charge in [0, 0.05) is 31.4 Å². The van der Waals surface area contributed by atoms with Crippen molar-refractivity contribution in [2.45, 2.75) is 38.8 Å². The number of ether oxygens (including phenoxy) is 1. The van der Waals surface area contributed by atoms with Crippen molar-refractivity contribution in [3.8, 4) is 11.6 Å². The second-order valence-corrected chi connectivity index (χ2v) is 7.47. The molecule has 3 heterocycles. The number of hydrogen-bond acceptors (Lipinski definition) is 6. The molecule has 8 nitrogen and oxygen atoms in total. The van der Waals surface area contributed by atoms with E-state index < -0.39 is 0 Å². The largest absolute Gasteiger partial charge is 0.497 e. The number of hydrogen-bond donors (Lipinski definition) is 1. The summed E-state index contributed by atoms with van der Waals surface area (Å²) in [5.41, 5.74) is 1.29. The van der Waals surface area contributed by atoms with Crippen LogP contribution in [-0.2, 0) is 6.54 Å². The van der Waals surface area contributed by atoms with Gasteiger partial charge in [-0.1, -0.05) is 12.1 Å². The Morgan fingerprint density at radius 3 is 2.90 bits per heavy atom. The minimum Gasteiger partial charge on any atom is -0.497 e. The summed E-state index contributed by atoms with van der Waals surface area (Å²) in [6.07, 6.45) is 8.45. The second kappa shape index (κ2) is 8.94. The summed E-state index contributed by atoms with van der Waals surface area (Å²) in [5, 5.41) is 2.89. The van der Waals surface area contributed by atoms with E-state index in [-0.39, 0.29) is 5.91 Å². The molecular formula is C22H26N6O2. The van der Waals surface area contributed by atoms with Gasteiger partial charge in [-0.2, -0.15) is 0 Å². The molecule has 3 aromatic rings. The predicted molar refractivity (Wildman–Crippen MR) is 114 cm³/mol. The number of carbonyl (C=O) groups excluding carboxylic acids is 1. The highest BCUT2D eigenvalue weighted by atomic mass is 16.5. The standard InChI is InChI=1S/C22H26N6O2/c1-16-6-3-4-9-28(16)21-11-20(24-14-25-21)27-13-19(26-15-27)22(29)23-12-17-7-5-8-18(10-17)30-2/h5,7-8,10-11,13-16H,3-4,6,9,12H2,1-2H3,(H,23,29)/t16-/m0/s1. The number of carbonyl (C=O) groups is 1. The average Bonchev–Trinajstić information content (AvgIpc) is 3.28. The van der Waals surface area contributed by atoms with Crippen LogP contribution in [-0.4, -0.2) is 45.1 Å². The quantitative estimate of drug-likeness (QED) is 0.677. The van der Waals surface area contributed by atoms with Gasteiger partial charge in [0.15, 0.2) is 0 Å². The fourth-order valence-corrected chi connectivity index (χ4v) is 3.69. The molecule has 1 saturated heterocycles. The topological polar surface area (TPSA) is 85.2 Å². The van der Waals surface area contributed by atoms with E-state index in [1.165, 1.54) is 19.3 Å². The van der Waals surface area contributed by atoms with Crippen LogP contribution in [0.4, 0.5) is 5.82 Å². The van der Waals surface area contributed by atoms with Gasteiger partial charge in [0.05, 0.1) is 7.11 Å². The van der Waals surface area contributed by atoms with Gasteiger partial charge in [-0.25, -0.2) is 15.0 Å². The van der Waals surface area contributed by atoms with Crippen molar-refractivity contribution in [1.82, 2.24) is 24.8 Å². The third kappa shape index (κ3) is 4.42. The van der Waals surface area contributed by atoms with Crippen molar-refractivity contribution in [1.29, 1.82) is 0 Å². The third-order valence-corrected chi connectivity index (χ3v) is 5.40. The van der Waals surface area contributed by atoms with E-state index in [0.29, 0.717) is 24.1 Å². The highest BCUT2D eigenvalue weighted by Crippen LogP contribution is 2.23. The van der Waals surface area contributed by atoms with E-state index in [4.69, 9.17) is 4.74 Å². The van der Waals surface area contributed by atoms with E-state index in [2.05, 4.69) is 32.1 Å². The molecule has 156 valence electrons. The molecule has 8 heteroatoms. The van der Waals surface area contributed by atoms with E-state index in [0.717, 1.165) is 23.7 Å². The predicted octanol–water partition coefficient (Wildman–Crippen LogP) is 2.98. The number of rotatable bonds is 6. The number of methoxy groups -OCH3 is 1. The fraction of sp³-hybridized carbons (Fsp3) is 0.364. The van der Waals surface area contributed by atoms with Gasteiger partial charge in [-0.3, -0.25) is 9.36 Å². The number of nitrogens with one attached hydrogen (secondary N) is 1. The van der Waals surface area contributed by atoms with Crippen molar-refractivity contribution in [3.63, 3.8) is 0 Å². The lowest BCUT2D eigenvalue weighted by Crippen LogP contribution is -2.38. The number of amides is 1. The highest BCUT2D eigenvalue weighted by Gasteiger charge is 2.20. The molecule has 0 aliphatic carbocycles. The van der Waals surface area contributed by atoms with Crippen LogP contribution in [0.1, 0.15) is 42.2 Å². The lowest BCUT2D eigenvalue weighted by atomic mass is 10.0. The number of nitrogens with zero attached hydrogens (tertiary/aromatic N) is 5. The first-order valence-corrected chi connectivity index (χ1v) is 10.2. The monoisotopic (exact) mass is 406 g/mol. The molecule has 4 rings (SSSR count). The summed E-state index contributed by atoms with van der Waals surface area (Å²) in [4.78, 5) is 27.9. The molecule has 0 bridgehead atoms. The van der Waals surface area contributed by atoms with Gasteiger partial charge < -0.3 is 15.0 Å². The van der Waals surface area contributed by atoms with Crippen molar-refractivity contribution in [2.24, 2.45) is 0 Å². The molecule has 1 aromatic carbocycles. The Kier molecular flexibility index (Phi) is 5.92. The Balaban J connectivity index is 1.44. The molecule has 0 saturated carbocycles. The molecule has 0 unspecified atom stereocenters. The minimum absolute atomic E-state index is 0.240. The Labute approximate surface area is 175 Å². The van der Waals surface area contributed by atoms with Crippen LogP contribution >= 0.6 is 0 Å². The fourth-order valence-electron chi connectivity index (χ4n) is 3.69. The maximum Gasteiger partial charge on any atom is 0.271 e. The van der Waals surface area contributed by atoms with E-state index in [9.17, 15) is 4.79 Å². The van der Waals surface area contributed by atoms with Crippen LogP contribution in [0.25, 0.3) is 5.82 Å². The lowest BCUT2D eigenvalue weighted by molar-refractivity contribution is 0.0946. The SMILES string of the molecule is COc1cccc(CNC(=O)c2cn(-c3cc(N4CCCC[C@@H]4C)ncn3)cn2)c1. The molecule has 1 N–H and O–H groups in total. The molecule has 2 aromatic heterocycles. The second-order valence-electron chi connectivity index (χ2n) is 7.47. The molecule has 1 aliphatic rings. The third-order valence-electron chi connectivity index (χ3n) is 5.40. The summed E-state index contributed by atoms with van der Waals surface area (Å²) in [5.74, 6) is 2.12. The first kappa shape index (κ1) is 19.9. The molecule has 1 fully saturated rings. The number of aromatic nitrogens is 4. The van der Waals surface area contributed by atoms with Crippen LogP contribution in [0.15, 0.2) is 49.2 Å². The Hall–Kier alpha value is -3.42. The first-order chi connectivity index (χ1) is 14.6. The molecular weight excluding hydrogens is 380 g/mol. The summed E-state index contributed by atoms with van der Waals surface area (Å²) >= 11 is 0. The van der Waals surface area contributed by atoms with Gasteiger partial charge in [0.25, 0.3) is 5.91 Å². The van der Waals surface area contributed by atoms with Crippen LogP contribution < -0.4 is 15.0 Å². The Bertz CT molecular complexity index is 1020. The molecule has 0 radical (unpaired) electrons. The van der Waals surface area contributed by atoms with Gasteiger partial charge in [0.1, 0.15) is 35.7 Å². The van der Waals surface area contributed by atoms with E-state index >= 15 is 0 Å². The molecule has 30 heavy (non-hydrogen) atoms. The van der Waals surface area contributed by atoms with Gasteiger partial charge >= 0.3 is 0 Å². The van der Waals surface area contributed by atoms with Crippen molar-refractivity contribution in [2.75, 3.05) is 18.6 Å². The number of piperidine rings is 1. The van der Waals surface area contributed by atoms with E-state index in [1.807, 2.05) is 30.3 Å². The summed E-state index contributed by atoms with van der Waals surface area (Å²) in [6, 6.07) is 10.00. The molecule has 1 amide bonds. The zero-order chi connectivity index (χ0) is 20.9. The number of anilines is 1. The lowest BCUT2D eigenvalue weighted by Gasteiger charge is -2.34. The average molecular weight is 406 g/mol. The first-order valence-electron chi connectivity index (χ1n) is 10.2. The van der Waals surface area contributed by atoms with Crippen molar-refractivity contribution in [3.05, 3.63) is 60.4 Å². The Morgan fingerprint density at radius 2 is 2.07 bits per heavy atom. The zero-order valence-electron chi connectivity index (χ0n) is 17.3. The molecule has 1 atom stereocenters. The highest BCUT2D eigenvalue weighted by molar-refractivity contribution is 5.92. The van der Waals surface area contributed by atoms with Crippen LogP contribution in [0.5, 0.6) is 5.75 Å². The van der Waals surface area contributed by atoms with Crippen molar-refractivity contribution >= 4 is 11.7 Å². The molecule has 1 aliphatic heterocycles. The molecule has 0 spiro atoms. The number of imidazole rings is 1. The normalized spacial score (nSPS) is 16.3. The summed E-state index contributed by atoms with van der Waals surface area (Å²) in [6.45, 7) is 3.62. The van der Waals surface area contributed by atoms with Crippen LogP contribution in [0, 0.1) is 0 Å². The van der Waals surface area contributed by atoms with Crippen LogP contribution in [0.3, 0.4) is 0 Å². The maximum atomic E-state index is 12.5. The van der Waals surface area contributed by atoms with Gasteiger partial charge in [0.2, 0.25) is 0 Å². The van der Waals surface area contributed by atoms with Gasteiger partial charge in [-0.15, -0.1) is 0 Å². The Morgan fingerprint density at radius 1 is 1.20 bits per heavy atom. The minimum atomic E-state index is -0.240. The van der Waals surface area contributed by atoms with E-state index in [1.54, 1.807) is 30.5 Å². The summed E-state index contributed by atoms with van der Waals surface area (Å²) in [7, 11) is 1.62. The number of benzene rings is 1. The zero-order valence-corrected chi connectivity index (χ0v) is 17.3. The van der Waals surface area contributed by atoms with Crippen LogP contribution in [0.2, 0.25) is 0 Å². The van der Waals surface area contributed by atoms with Crippen molar-refractivity contribution < 1.29 is 9.53 Å².